The van der Waals surface area contributed by atoms with E-state index < -0.39 is 21.6 Å². The van der Waals surface area contributed by atoms with Crippen LogP contribution in [0.25, 0.3) is 0 Å². The summed E-state index contributed by atoms with van der Waals surface area (Å²) < 4.78 is 27.4. The summed E-state index contributed by atoms with van der Waals surface area (Å²) >= 11 is 0. The van der Waals surface area contributed by atoms with Crippen LogP contribution in [0.1, 0.15) is 11.3 Å². The third-order valence-corrected chi connectivity index (χ3v) is 3.34. The second kappa shape index (κ2) is 5.41. The zero-order valence-electron chi connectivity index (χ0n) is 9.08. The minimum atomic E-state index is -3.58. The number of hydrogen-bond acceptors (Lipinski definition) is 6. The molecule has 0 unspecified atom stereocenters. The average Bonchev–Trinajstić information content (AvgIpc) is 2.27. The highest BCUT2D eigenvalue weighted by molar-refractivity contribution is 7.91. The van der Waals surface area contributed by atoms with E-state index in [4.69, 9.17) is 5.26 Å². The number of carbonyl (C=O) groups is 1. The van der Waals surface area contributed by atoms with Gasteiger partial charge in [0, 0.05) is 6.20 Å². The number of carbonyl (C=O) groups excluding carboxylic acids is 1. The Morgan fingerprint density at radius 1 is 1.59 bits per heavy atom. The number of hydrogen-bond donors (Lipinski definition) is 0. The van der Waals surface area contributed by atoms with Crippen molar-refractivity contribution in [3.05, 3.63) is 29.6 Å². The molecule has 0 aliphatic carbocycles. The van der Waals surface area contributed by atoms with E-state index in [2.05, 4.69) is 9.72 Å². The van der Waals surface area contributed by atoms with Crippen molar-refractivity contribution < 1.29 is 17.9 Å². The number of pyridine rings is 1. The molecular weight excluding hydrogens is 244 g/mol. The van der Waals surface area contributed by atoms with Gasteiger partial charge in [0.1, 0.15) is 17.5 Å². The fraction of sp³-hybridized carbons (Fsp3) is 0.300. The second-order valence-corrected chi connectivity index (χ2v) is 5.33. The molecule has 0 aliphatic rings. The summed E-state index contributed by atoms with van der Waals surface area (Å²) in [6.45, 7) is 0. The zero-order chi connectivity index (χ0) is 12.9. The Bertz CT molecular complexity index is 560. The molecule has 1 heterocycles. The van der Waals surface area contributed by atoms with Gasteiger partial charge in [-0.1, -0.05) is 0 Å². The topological polar surface area (TPSA) is 97.1 Å². The lowest BCUT2D eigenvalue weighted by molar-refractivity contribution is -0.137. The van der Waals surface area contributed by atoms with E-state index >= 15 is 0 Å². The minimum Gasteiger partial charge on any atom is -0.468 e. The summed E-state index contributed by atoms with van der Waals surface area (Å²) in [6.07, 6.45) is 1.35. The maximum Gasteiger partial charge on any atom is 0.320 e. The minimum absolute atomic E-state index is 0.135. The van der Waals surface area contributed by atoms with E-state index in [1.54, 1.807) is 0 Å². The molecule has 17 heavy (non-hydrogen) atoms. The second-order valence-electron chi connectivity index (χ2n) is 3.27. The Hall–Kier alpha value is -1.94. The highest BCUT2D eigenvalue weighted by Crippen LogP contribution is 2.07. The van der Waals surface area contributed by atoms with Crippen molar-refractivity contribution in [2.24, 2.45) is 0 Å². The number of sulfone groups is 1. The summed E-state index contributed by atoms with van der Waals surface area (Å²) in [5, 5.41) is 8.61. The number of rotatable bonds is 4. The molecule has 0 aromatic carbocycles. The first-order chi connectivity index (χ1) is 7.96. The van der Waals surface area contributed by atoms with Crippen LogP contribution in [0.4, 0.5) is 0 Å². The normalized spacial score (nSPS) is 10.6. The first kappa shape index (κ1) is 13.1. The maximum absolute atomic E-state index is 11.6. The Balaban J connectivity index is 2.83. The van der Waals surface area contributed by atoms with Gasteiger partial charge in [-0.05, 0) is 17.7 Å². The smallest absolute Gasteiger partial charge is 0.320 e. The van der Waals surface area contributed by atoms with Crippen molar-refractivity contribution in [1.82, 2.24) is 4.98 Å². The number of esters is 1. The molecular formula is C10H10N2O4S. The van der Waals surface area contributed by atoms with Crippen molar-refractivity contribution in [3.8, 4) is 6.07 Å². The van der Waals surface area contributed by atoms with Crippen molar-refractivity contribution in [3.63, 3.8) is 0 Å². The summed E-state index contributed by atoms with van der Waals surface area (Å²) in [4.78, 5) is 14.6. The highest BCUT2D eigenvalue weighted by atomic mass is 32.2. The molecule has 90 valence electrons. The van der Waals surface area contributed by atoms with E-state index in [0.29, 0.717) is 5.56 Å². The van der Waals surface area contributed by atoms with Gasteiger partial charge in [-0.25, -0.2) is 13.4 Å². The molecule has 6 nitrogen and oxygen atoms in total. The largest absolute Gasteiger partial charge is 0.468 e. The average molecular weight is 254 g/mol. The van der Waals surface area contributed by atoms with Crippen LogP contribution < -0.4 is 0 Å². The molecule has 0 fully saturated rings. The van der Waals surface area contributed by atoms with Gasteiger partial charge in [0.2, 0.25) is 0 Å². The first-order valence-corrected chi connectivity index (χ1v) is 6.41. The van der Waals surface area contributed by atoms with Crippen LogP contribution in [0.15, 0.2) is 18.3 Å². The zero-order valence-corrected chi connectivity index (χ0v) is 9.90. The Labute approximate surface area is 98.8 Å². The standard InChI is InChI=1S/C10H10N2O4S/c1-16-10(13)7-17(14,15)6-8-2-3-12-9(4-8)5-11/h2-4H,6-7H2,1H3. The van der Waals surface area contributed by atoms with Crippen molar-refractivity contribution >= 4 is 15.8 Å². The third-order valence-electron chi connectivity index (χ3n) is 1.89. The van der Waals surface area contributed by atoms with E-state index in [1.165, 1.54) is 18.3 Å². The lowest BCUT2D eigenvalue weighted by Gasteiger charge is -2.03. The molecule has 0 bridgehead atoms. The molecule has 1 aromatic heterocycles. The summed E-state index contributed by atoms with van der Waals surface area (Å²) in [7, 11) is -2.46. The van der Waals surface area contributed by atoms with Crippen LogP contribution in [0.5, 0.6) is 0 Å². The predicted octanol–water partition coefficient (Wildman–Crippen LogP) is 0.0411. The van der Waals surface area contributed by atoms with Gasteiger partial charge in [-0.15, -0.1) is 0 Å². The number of methoxy groups -OCH3 is 1. The maximum atomic E-state index is 11.6. The van der Waals surface area contributed by atoms with Crippen LogP contribution in [0.3, 0.4) is 0 Å². The molecule has 1 rings (SSSR count). The number of nitriles is 1. The van der Waals surface area contributed by atoms with Gasteiger partial charge in [0.15, 0.2) is 9.84 Å². The number of aromatic nitrogens is 1. The van der Waals surface area contributed by atoms with E-state index in [0.717, 1.165) is 7.11 Å². The Morgan fingerprint density at radius 2 is 2.29 bits per heavy atom. The number of nitrogens with zero attached hydrogens (tertiary/aromatic N) is 2. The first-order valence-electron chi connectivity index (χ1n) is 4.59. The molecule has 0 atom stereocenters. The summed E-state index contributed by atoms with van der Waals surface area (Å²) in [5.74, 6) is -1.80. The lowest BCUT2D eigenvalue weighted by Crippen LogP contribution is -2.18. The third kappa shape index (κ3) is 4.20. The van der Waals surface area contributed by atoms with Crippen molar-refractivity contribution in [2.45, 2.75) is 5.75 Å². The van der Waals surface area contributed by atoms with E-state index in [9.17, 15) is 13.2 Å². The monoisotopic (exact) mass is 254 g/mol. The summed E-state index contributed by atoms with van der Waals surface area (Å²) in [6, 6.07) is 4.66. The highest BCUT2D eigenvalue weighted by Gasteiger charge is 2.18. The van der Waals surface area contributed by atoms with Crippen LogP contribution in [0.2, 0.25) is 0 Å². The molecule has 0 saturated heterocycles. The van der Waals surface area contributed by atoms with Gasteiger partial charge in [0.25, 0.3) is 0 Å². The van der Waals surface area contributed by atoms with Gasteiger partial charge >= 0.3 is 5.97 Å². The Kier molecular flexibility index (Phi) is 4.17. The van der Waals surface area contributed by atoms with E-state index in [1.807, 2.05) is 6.07 Å². The van der Waals surface area contributed by atoms with Crippen LogP contribution in [0, 0.1) is 11.3 Å². The van der Waals surface area contributed by atoms with Gasteiger partial charge in [0.05, 0.1) is 12.9 Å². The SMILES string of the molecule is COC(=O)CS(=O)(=O)Cc1ccnc(C#N)c1. The van der Waals surface area contributed by atoms with Crippen LogP contribution in [-0.2, 0) is 25.1 Å². The fourth-order valence-corrected chi connectivity index (χ4v) is 2.44. The quantitative estimate of drug-likeness (QED) is 0.704. The van der Waals surface area contributed by atoms with E-state index in [-0.39, 0.29) is 11.4 Å². The molecule has 1 aromatic rings. The van der Waals surface area contributed by atoms with Gasteiger partial charge < -0.3 is 4.74 Å². The van der Waals surface area contributed by atoms with Crippen molar-refractivity contribution in [2.75, 3.05) is 12.9 Å². The van der Waals surface area contributed by atoms with Gasteiger partial charge in [-0.2, -0.15) is 5.26 Å². The molecule has 0 N–H and O–H groups in total. The van der Waals surface area contributed by atoms with Gasteiger partial charge in [-0.3, -0.25) is 4.79 Å². The number of ether oxygens (including phenoxy) is 1. The lowest BCUT2D eigenvalue weighted by atomic mass is 10.2. The molecule has 0 radical (unpaired) electrons. The molecule has 7 heteroatoms. The molecule has 0 amide bonds. The summed E-state index contributed by atoms with van der Waals surface area (Å²) in [5.41, 5.74) is 0.552. The predicted molar refractivity (Wildman–Crippen MR) is 58.5 cm³/mol. The van der Waals surface area contributed by atoms with Crippen LogP contribution >= 0.6 is 0 Å². The van der Waals surface area contributed by atoms with Crippen LogP contribution in [-0.4, -0.2) is 32.2 Å². The van der Waals surface area contributed by atoms with Crippen molar-refractivity contribution in [1.29, 1.82) is 5.26 Å². The molecule has 0 spiro atoms. The molecule has 0 aliphatic heterocycles. The fourth-order valence-electron chi connectivity index (χ4n) is 1.17. The molecule has 0 saturated carbocycles. The Morgan fingerprint density at radius 3 is 2.88 bits per heavy atom.